The largest absolute Gasteiger partial charge is 0.462 e. The van der Waals surface area contributed by atoms with Crippen molar-refractivity contribution in [2.24, 2.45) is 0 Å². The number of nitrogens with one attached hydrogen (secondary N) is 2. The van der Waals surface area contributed by atoms with Crippen LogP contribution in [0.3, 0.4) is 0 Å². The highest BCUT2D eigenvalue weighted by molar-refractivity contribution is 5.93. The van der Waals surface area contributed by atoms with Crippen molar-refractivity contribution >= 4 is 23.4 Å². The third-order valence-corrected chi connectivity index (χ3v) is 3.20. The summed E-state index contributed by atoms with van der Waals surface area (Å²) in [6.07, 6.45) is 1.83. The lowest BCUT2D eigenvalue weighted by Crippen LogP contribution is -2.21. The van der Waals surface area contributed by atoms with Gasteiger partial charge < -0.3 is 19.9 Å². The Bertz CT molecular complexity index is 679. The van der Waals surface area contributed by atoms with E-state index in [2.05, 4.69) is 15.8 Å². The van der Waals surface area contributed by atoms with Gasteiger partial charge in [0, 0.05) is 11.8 Å². The minimum absolute atomic E-state index is 0.0756. The maximum Gasteiger partial charge on any atom is 0.338 e. The summed E-state index contributed by atoms with van der Waals surface area (Å²) in [7, 11) is 0. The van der Waals surface area contributed by atoms with Crippen LogP contribution in [0.4, 0.5) is 11.5 Å². The van der Waals surface area contributed by atoms with Crippen LogP contribution in [0.25, 0.3) is 0 Å². The standard InChI is InChI=1S/C17H21N3O4/c1-3-4-9-23-17(22)13-5-7-14(8-6-13)18-11-16(21)19-15-10-12(2)24-20-15/h5-8,10,18H,3-4,9,11H2,1-2H3,(H,19,20,21). The van der Waals surface area contributed by atoms with Gasteiger partial charge >= 0.3 is 5.97 Å². The second-order valence-corrected chi connectivity index (χ2v) is 5.29. The highest BCUT2D eigenvalue weighted by Gasteiger charge is 2.08. The fourth-order valence-electron chi connectivity index (χ4n) is 1.91. The summed E-state index contributed by atoms with van der Waals surface area (Å²) in [6, 6.07) is 8.41. The van der Waals surface area contributed by atoms with E-state index in [4.69, 9.17) is 9.26 Å². The summed E-state index contributed by atoms with van der Waals surface area (Å²) in [5.74, 6) is 0.421. The Hall–Kier alpha value is -2.83. The maximum atomic E-state index is 11.8. The Kier molecular flexibility index (Phi) is 6.36. The molecule has 128 valence electrons. The van der Waals surface area contributed by atoms with Crippen LogP contribution in [0.1, 0.15) is 35.9 Å². The molecule has 2 aromatic rings. The number of carbonyl (C=O) groups is 2. The lowest BCUT2D eigenvalue weighted by molar-refractivity contribution is -0.114. The molecule has 24 heavy (non-hydrogen) atoms. The Balaban J connectivity index is 1.78. The smallest absolute Gasteiger partial charge is 0.338 e. The number of hydrogen-bond acceptors (Lipinski definition) is 6. The predicted octanol–water partition coefficient (Wildman–Crippen LogP) is 2.99. The van der Waals surface area contributed by atoms with E-state index >= 15 is 0 Å². The number of esters is 1. The van der Waals surface area contributed by atoms with Crippen molar-refractivity contribution in [1.82, 2.24) is 5.16 Å². The normalized spacial score (nSPS) is 10.2. The van der Waals surface area contributed by atoms with Gasteiger partial charge in [-0.2, -0.15) is 0 Å². The summed E-state index contributed by atoms with van der Waals surface area (Å²) in [5, 5.41) is 9.26. The molecule has 1 aromatic carbocycles. The summed E-state index contributed by atoms with van der Waals surface area (Å²) in [5.41, 5.74) is 1.21. The van der Waals surface area contributed by atoms with Gasteiger partial charge in [-0.15, -0.1) is 0 Å². The molecule has 0 fully saturated rings. The molecule has 2 N–H and O–H groups in total. The molecule has 0 atom stereocenters. The monoisotopic (exact) mass is 331 g/mol. The molecule has 1 aromatic heterocycles. The first-order valence-corrected chi connectivity index (χ1v) is 7.82. The Morgan fingerprint density at radius 1 is 1.25 bits per heavy atom. The van der Waals surface area contributed by atoms with Gasteiger partial charge in [0.15, 0.2) is 5.82 Å². The van der Waals surface area contributed by atoms with Gasteiger partial charge in [0.2, 0.25) is 5.91 Å². The van der Waals surface area contributed by atoms with Gasteiger partial charge in [0.25, 0.3) is 0 Å². The summed E-state index contributed by atoms with van der Waals surface area (Å²) >= 11 is 0. The van der Waals surface area contributed by atoms with Crippen molar-refractivity contribution in [3.05, 3.63) is 41.7 Å². The third-order valence-electron chi connectivity index (χ3n) is 3.20. The van der Waals surface area contributed by atoms with Crippen LogP contribution >= 0.6 is 0 Å². The molecular weight excluding hydrogens is 310 g/mol. The fourth-order valence-corrected chi connectivity index (χ4v) is 1.91. The molecular formula is C17H21N3O4. The first kappa shape index (κ1) is 17.5. The van der Waals surface area contributed by atoms with E-state index in [1.807, 2.05) is 6.92 Å². The number of aromatic nitrogens is 1. The molecule has 0 unspecified atom stereocenters. The molecule has 0 aliphatic heterocycles. The quantitative estimate of drug-likeness (QED) is 0.570. The molecule has 0 spiro atoms. The van der Waals surface area contributed by atoms with Crippen LogP contribution in [0.15, 0.2) is 34.9 Å². The number of nitrogens with zero attached hydrogens (tertiary/aromatic N) is 1. The zero-order valence-electron chi connectivity index (χ0n) is 13.8. The number of anilines is 2. The van der Waals surface area contributed by atoms with Crippen molar-refractivity contribution in [3.63, 3.8) is 0 Å². The van der Waals surface area contributed by atoms with Crippen LogP contribution in [0.5, 0.6) is 0 Å². The molecule has 0 aliphatic carbocycles. The van der Waals surface area contributed by atoms with E-state index in [1.54, 1.807) is 37.3 Å². The van der Waals surface area contributed by atoms with Crippen molar-refractivity contribution in [2.45, 2.75) is 26.7 Å². The number of hydrogen-bond donors (Lipinski definition) is 2. The molecule has 7 nitrogen and oxygen atoms in total. The molecule has 0 saturated carbocycles. The molecule has 2 rings (SSSR count). The van der Waals surface area contributed by atoms with Crippen molar-refractivity contribution in [3.8, 4) is 0 Å². The number of benzene rings is 1. The van der Waals surface area contributed by atoms with Crippen LogP contribution in [0.2, 0.25) is 0 Å². The maximum absolute atomic E-state index is 11.8. The van der Waals surface area contributed by atoms with Gasteiger partial charge in [-0.1, -0.05) is 18.5 Å². The average Bonchev–Trinajstić information content (AvgIpc) is 2.98. The molecule has 1 amide bonds. The van der Waals surface area contributed by atoms with E-state index in [-0.39, 0.29) is 18.4 Å². The molecule has 0 saturated heterocycles. The van der Waals surface area contributed by atoms with Gasteiger partial charge in [-0.25, -0.2) is 4.79 Å². The number of ether oxygens (including phenoxy) is 1. The second-order valence-electron chi connectivity index (χ2n) is 5.29. The van der Waals surface area contributed by atoms with Crippen molar-refractivity contribution < 1.29 is 18.8 Å². The summed E-state index contributed by atoms with van der Waals surface area (Å²) in [4.78, 5) is 23.6. The minimum Gasteiger partial charge on any atom is -0.462 e. The van der Waals surface area contributed by atoms with Gasteiger partial charge in [-0.3, -0.25) is 4.79 Å². The molecule has 1 heterocycles. The lowest BCUT2D eigenvalue weighted by atomic mass is 10.2. The Labute approximate surface area is 140 Å². The number of carbonyl (C=O) groups excluding carboxylic acids is 2. The number of amides is 1. The van der Waals surface area contributed by atoms with Crippen molar-refractivity contribution in [2.75, 3.05) is 23.8 Å². The summed E-state index contributed by atoms with van der Waals surface area (Å²) < 4.78 is 10.0. The predicted molar refractivity (Wildman–Crippen MR) is 90.0 cm³/mol. The second kappa shape index (κ2) is 8.71. The van der Waals surface area contributed by atoms with Crippen LogP contribution in [0, 0.1) is 6.92 Å². The minimum atomic E-state index is -0.339. The number of unbranched alkanes of at least 4 members (excludes halogenated alkanes) is 1. The zero-order chi connectivity index (χ0) is 17.4. The lowest BCUT2D eigenvalue weighted by Gasteiger charge is -2.07. The van der Waals surface area contributed by atoms with Gasteiger partial charge in [0.05, 0.1) is 18.7 Å². The number of rotatable bonds is 8. The topological polar surface area (TPSA) is 93.5 Å². The highest BCUT2D eigenvalue weighted by atomic mass is 16.5. The van der Waals surface area contributed by atoms with Crippen LogP contribution < -0.4 is 10.6 Å². The van der Waals surface area contributed by atoms with E-state index in [0.29, 0.717) is 23.7 Å². The van der Waals surface area contributed by atoms with Crippen LogP contribution in [-0.2, 0) is 9.53 Å². The molecule has 0 bridgehead atoms. The third kappa shape index (κ3) is 5.42. The first-order valence-electron chi connectivity index (χ1n) is 7.82. The molecule has 0 radical (unpaired) electrons. The molecule has 0 aliphatic rings. The summed E-state index contributed by atoms with van der Waals surface area (Å²) in [6.45, 7) is 4.28. The first-order chi connectivity index (χ1) is 11.6. The van der Waals surface area contributed by atoms with Crippen molar-refractivity contribution in [1.29, 1.82) is 0 Å². The van der Waals surface area contributed by atoms with E-state index in [0.717, 1.165) is 18.5 Å². The zero-order valence-corrected chi connectivity index (χ0v) is 13.8. The SMILES string of the molecule is CCCCOC(=O)c1ccc(NCC(=O)Nc2cc(C)on2)cc1. The fraction of sp³-hybridized carbons (Fsp3) is 0.353. The Morgan fingerprint density at radius 3 is 2.62 bits per heavy atom. The Morgan fingerprint density at radius 2 is 2.00 bits per heavy atom. The van der Waals surface area contributed by atoms with Crippen LogP contribution in [-0.4, -0.2) is 30.2 Å². The van der Waals surface area contributed by atoms with E-state index in [1.165, 1.54) is 0 Å². The van der Waals surface area contributed by atoms with E-state index < -0.39 is 0 Å². The van der Waals surface area contributed by atoms with E-state index in [9.17, 15) is 9.59 Å². The average molecular weight is 331 g/mol. The van der Waals surface area contributed by atoms with Gasteiger partial charge in [-0.05, 0) is 37.6 Å². The molecule has 7 heteroatoms. The number of aryl methyl sites for hydroxylation is 1. The highest BCUT2D eigenvalue weighted by Crippen LogP contribution is 2.11. The van der Waals surface area contributed by atoms with Gasteiger partial charge in [0.1, 0.15) is 5.76 Å².